The van der Waals surface area contributed by atoms with Crippen molar-refractivity contribution in [2.24, 2.45) is 74.4 Å². The lowest BCUT2D eigenvalue weighted by molar-refractivity contribution is -0.152. The van der Waals surface area contributed by atoms with Gasteiger partial charge < -0.3 is 68.9 Å². The lowest BCUT2D eigenvalue weighted by Gasteiger charge is -2.39. The van der Waals surface area contributed by atoms with E-state index in [0.717, 1.165) is 44.9 Å². The van der Waals surface area contributed by atoms with E-state index in [2.05, 4.69) is 40.4 Å². The summed E-state index contributed by atoms with van der Waals surface area (Å²) < 4.78 is 51.2. The highest BCUT2D eigenvalue weighted by Gasteiger charge is 2.71. The van der Waals surface area contributed by atoms with E-state index in [4.69, 9.17) is 22.3 Å². The number of likely N-dealkylation sites (tertiary alicyclic amines) is 2. The molecule has 0 aromatic rings. The summed E-state index contributed by atoms with van der Waals surface area (Å²) in [6.07, 6.45) is 10.1. The van der Waals surface area contributed by atoms with Crippen LogP contribution in [-0.2, 0) is 48.4 Å². The molecule has 4 unspecified atom stereocenters. The lowest BCUT2D eigenvalue weighted by atomic mass is 9.79. The number of sulfone groups is 2. The van der Waals surface area contributed by atoms with E-state index >= 15 is 0 Å². The first kappa shape index (κ1) is 80.1. The maximum atomic E-state index is 14.3. The number of nitrogens with zero attached hydrogens (tertiary/aromatic N) is 2. The van der Waals surface area contributed by atoms with E-state index in [0.29, 0.717) is 57.5 Å². The third-order valence-corrected chi connectivity index (χ3v) is 28.3. The molecule has 14 N–H and O–H groups in total. The molecule has 9 amide bonds. The number of amides is 9. The van der Waals surface area contributed by atoms with E-state index in [9.17, 15) is 65.4 Å². The van der Waals surface area contributed by atoms with Gasteiger partial charge in [0.05, 0.1) is 26.0 Å². The molecule has 6 saturated carbocycles. The van der Waals surface area contributed by atoms with Crippen LogP contribution in [0.5, 0.6) is 0 Å². The van der Waals surface area contributed by atoms with Crippen molar-refractivity contribution in [3.05, 3.63) is 0 Å². The van der Waals surface area contributed by atoms with E-state index in [-0.39, 0.29) is 52.8 Å². The van der Waals surface area contributed by atoms with Gasteiger partial charge in [0.2, 0.25) is 29.5 Å². The third kappa shape index (κ3) is 17.8. The average molecular weight is 1390 g/mol. The second-order valence-electron chi connectivity index (χ2n) is 33.7. The number of aliphatic carboxylic acids is 1. The summed E-state index contributed by atoms with van der Waals surface area (Å²) in [4.78, 5) is 106. The van der Waals surface area contributed by atoms with Gasteiger partial charge in [-0.1, -0.05) is 133 Å². The van der Waals surface area contributed by atoms with Gasteiger partial charge in [-0.05, 0) is 131 Å². The third-order valence-electron chi connectivity index (χ3n) is 22.2. The molecule has 8 rings (SSSR count). The largest absolute Gasteiger partial charge is 0.480 e. The fourth-order valence-electron chi connectivity index (χ4n) is 15.4. The summed E-state index contributed by atoms with van der Waals surface area (Å²) in [5.74, 6) is -3.04. The van der Waals surface area contributed by atoms with Crippen LogP contribution in [0.3, 0.4) is 0 Å². The first-order valence-electron chi connectivity index (χ1n) is 34.0. The van der Waals surface area contributed by atoms with E-state index in [1.54, 1.807) is 41.5 Å². The summed E-state index contributed by atoms with van der Waals surface area (Å²) in [5, 5.41) is 42.4. The van der Waals surface area contributed by atoms with Crippen LogP contribution in [0.25, 0.3) is 0 Å². The monoisotopic (exact) mass is 1390 g/mol. The zero-order chi connectivity index (χ0) is 70.4. The Balaban J connectivity index is 0.000000293. The van der Waals surface area contributed by atoms with Crippen molar-refractivity contribution in [1.29, 1.82) is 0 Å². The van der Waals surface area contributed by atoms with Crippen molar-refractivity contribution in [3.63, 3.8) is 0 Å². The van der Waals surface area contributed by atoms with Gasteiger partial charge >= 0.3 is 18.0 Å². The summed E-state index contributed by atoms with van der Waals surface area (Å²) in [7, 11) is -7.04. The number of carbonyl (C=O) groups is 8. The highest BCUT2D eigenvalue weighted by atomic mass is 35.5. The minimum Gasteiger partial charge on any atom is -0.480 e. The van der Waals surface area contributed by atoms with Crippen LogP contribution >= 0.6 is 12.4 Å². The van der Waals surface area contributed by atoms with E-state index in [1.807, 2.05) is 55.4 Å². The van der Waals surface area contributed by atoms with Gasteiger partial charge in [-0.2, -0.15) is 0 Å². The molecule has 2 saturated heterocycles. The van der Waals surface area contributed by atoms with Gasteiger partial charge in [0, 0.05) is 37.1 Å². The SMILES string of the molecule is CC(C)(C)[C@H](NC(=O)N[C@H]1CCCC[C@H]1S(=O)(=O)C(C)(C)C)C(=O)N1C[C@H]2[C@@H]([C@H]1C(=O)NC(CC1CCC1)C(O)C(N)=O)C2(C)C.CC(C)(C)[C@H](NC(=O)N[C@H]1CCCC[C@H]1S(=O)(=O)C(C)(C)C)C(=O)N1C[C@H]2[C@@H]([C@H]1C(=O)O)C2(C)C.Cl.NC(=O)C(O)C(N)CC1CCC1. The topological polar surface area (TPSA) is 410 Å². The number of nitrogens with two attached hydrogens (primary N) is 3. The predicted octanol–water partition coefficient (Wildman–Crippen LogP) is 4.79. The van der Waals surface area contributed by atoms with Crippen molar-refractivity contribution in [2.75, 3.05) is 13.1 Å². The van der Waals surface area contributed by atoms with Gasteiger partial charge in [0.1, 0.15) is 30.3 Å². The first-order valence-corrected chi connectivity index (χ1v) is 37.1. The Labute approximate surface area is 565 Å². The number of urea groups is 2. The standard InChI is InChI=1S/C33H57N5O7S.C25H43N3O6S.C8H16N2O2.ClH/c1-31(2,3)26(37-30(43)36-20-14-9-10-15-22(20)46(44,45)32(4,5)6)29(42)38-17-19-23(33(19,7)8)24(38)28(41)35-21(25(39)27(34)40)16-18-12-11-13-18;1-23(2,3)19(20(29)28-13-14-17(25(14,7)8)18(28)21(30)31)27-22(32)26-15-11-9-10-12-16(15)35(33,34)24(4,5)6;9-6(7(11)8(10)12)4-5-2-1-3-5;/h18-26,39H,9-17H2,1-8H3,(H2,34,40)(H,35,41)(H2,36,37,43);14-19H,9-13H2,1-8H3,(H,30,31)(H2,26,27,32);5-7,11H,1-4,9H2,(H2,10,12);1H/t19-,20-,21?,22+,23-,24-,25?,26+;14-,15-,16+,17-,18-,19+;;/m00../s1. The number of halogens is 1. The first-order chi connectivity index (χ1) is 42.5. The van der Waals surface area contributed by atoms with Crippen LogP contribution in [0.4, 0.5) is 9.59 Å². The molecule has 25 nitrogen and oxygen atoms in total. The number of piperidine rings is 2. The van der Waals surface area contributed by atoms with Crippen LogP contribution in [-0.4, -0.2) is 183 Å². The molecular formula is C66H117ClN10O15S2. The maximum Gasteiger partial charge on any atom is 0.326 e. The number of carboxylic acid groups (broad SMARTS) is 1. The van der Waals surface area contributed by atoms with Crippen molar-refractivity contribution >= 4 is 79.6 Å². The van der Waals surface area contributed by atoms with E-state index in [1.165, 1.54) is 29.1 Å². The number of fused-ring (bicyclic) bond motifs is 2. The maximum absolute atomic E-state index is 14.3. The number of carboxylic acids is 1. The Morgan fingerprint density at radius 3 is 1.20 bits per heavy atom. The molecule has 0 spiro atoms. The Kier molecular flexibility index (Phi) is 25.5. The van der Waals surface area contributed by atoms with Gasteiger partial charge in [0.15, 0.2) is 25.8 Å². The number of nitrogens with one attached hydrogen (secondary N) is 5. The molecule has 0 aromatic carbocycles. The quantitative estimate of drug-likeness (QED) is 0.0828. The molecule has 8 fully saturated rings. The van der Waals surface area contributed by atoms with Gasteiger partial charge in [-0.15, -0.1) is 12.4 Å². The van der Waals surface area contributed by atoms with Gasteiger partial charge in [-0.25, -0.2) is 31.2 Å². The second-order valence-corrected chi connectivity index (χ2v) is 39.5. The Morgan fingerprint density at radius 1 is 0.521 bits per heavy atom. The van der Waals surface area contributed by atoms with Crippen LogP contribution < -0.4 is 43.8 Å². The molecule has 0 radical (unpaired) electrons. The van der Waals surface area contributed by atoms with Crippen molar-refractivity contribution < 1.29 is 70.5 Å². The lowest BCUT2D eigenvalue weighted by Crippen LogP contribution is -2.63. The molecule has 540 valence electrons. The van der Waals surface area contributed by atoms with Crippen LogP contribution in [0.1, 0.15) is 214 Å². The number of carbonyl (C=O) groups excluding carboxylic acids is 7. The predicted molar refractivity (Wildman–Crippen MR) is 361 cm³/mol. The minimum atomic E-state index is -3.55. The Bertz CT molecular complexity index is 2990. The molecule has 2 aliphatic heterocycles. The summed E-state index contributed by atoms with van der Waals surface area (Å²) in [5.41, 5.74) is 14.2. The van der Waals surface area contributed by atoms with Crippen LogP contribution in [0.2, 0.25) is 0 Å². The van der Waals surface area contributed by atoms with Gasteiger partial charge in [-0.3, -0.25) is 24.0 Å². The summed E-state index contributed by atoms with van der Waals surface area (Å²) >= 11 is 0. The number of hydrogen-bond acceptors (Lipinski definition) is 15. The highest BCUT2D eigenvalue weighted by Crippen LogP contribution is 2.66. The number of aliphatic hydroxyl groups excluding tert-OH is 2. The molecule has 94 heavy (non-hydrogen) atoms. The fraction of sp³-hybridized carbons (Fsp3) is 0.879. The molecular weight excluding hydrogens is 1270 g/mol. The molecule has 6 aliphatic carbocycles. The molecule has 28 heteroatoms. The highest BCUT2D eigenvalue weighted by molar-refractivity contribution is 7.93. The molecule has 8 aliphatic rings. The van der Waals surface area contributed by atoms with Crippen LogP contribution in [0.15, 0.2) is 0 Å². The number of primary amides is 2. The second kappa shape index (κ2) is 29.9. The Morgan fingerprint density at radius 2 is 0.872 bits per heavy atom. The zero-order valence-corrected chi connectivity index (χ0v) is 61.2. The normalized spacial score (nSPS) is 29.2. The number of hydrogen-bond donors (Lipinski definition) is 11. The molecule has 2 heterocycles. The van der Waals surface area contributed by atoms with Gasteiger partial charge in [0.25, 0.3) is 0 Å². The summed E-state index contributed by atoms with van der Waals surface area (Å²) in [6.45, 7) is 29.8. The Hall–Kier alpha value is -4.57. The van der Waals surface area contributed by atoms with Crippen molar-refractivity contribution in [1.82, 2.24) is 36.4 Å². The molecule has 0 bridgehead atoms. The smallest absolute Gasteiger partial charge is 0.326 e. The fourth-order valence-corrected chi connectivity index (χ4v) is 19.4. The number of rotatable bonds is 19. The summed E-state index contributed by atoms with van der Waals surface area (Å²) in [6, 6.07) is -7.40. The van der Waals surface area contributed by atoms with E-state index < -0.39 is 159 Å². The number of aliphatic hydroxyl groups is 2. The molecule has 16 atom stereocenters. The van der Waals surface area contributed by atoms with Crippen molar-refractivity contribution in [2.45, 2.75) is 294 Å². The minimum absolute atomic E-state index is 0. The van der Waals surface area contributed by atoms with Crippen LogP contribution in [0, 0.1) is 57.2 Å². The average Bonchev–Trinajstić information content (AvgIpc) is 1.53. The zero-order valence-electron chi connectivity index (χ0n) is 58.7. The molecule has 0 aromatic heterocycles. The van der Waals surface area contributed by atoms with Crippen molar-refractivity contribution in [3.8, 4) is 0 Å².